The molecule has 1 aliphatic heterocycles. The summed E-state index contributed by atoms with van der Waals surface area (Å²) >= 11 is 0. The molecule has 4 rings (SSSR count). The molecule has 0 saturated carbocycles. The molecule has 0 radical (unpaired) electrons. The minimum absolute atomic E-state index is 0.123. The van der Waals surface area contributed by atoms with Crippen LogP contribution in [-0.2, 0) is 11.3 Å². The second kappa shape index (κ2) is 9.89. The molecular weight excluding hydrogens is 420 g/mol. The number of hydrogen-bond acceptors (Lipinski definition) is 6. The average molecular weight is 451 g/mol. The predicted molar refractivity (Wildman–Crippen MR) is 128 cm³/mol. The van der Waals surface area contributed by atoms with Crippen LogP contribution in [0.25, 0.3) is 11.0 Å². The van der Waals surface area contributed by atoms with Gasteiger partial charge in [-0.15, -0.1) is 0 Å². The quantitative estimate of drug-likeness (QED) is 0.504. The molecule has 0 bridgehead atoms. The number of anilines is 3. The number of rotatable bonds is 8. The van der Waals surface area contributed by atoms with E-state index in [-0.39, 0.29) is 11.6 Å². The van der Waals surface area contributed by atoms with E-state index in [0.29, 0.717) is 18.1 Å². The number of aryl methyl sites for hydroxylation is 1. The van der Waals surface area contributed by atoms with Gasteiger partial charge < -0.3 is 24.8 Å². The first-order valence-corrected chi connectivity index (χ1v) is 11.4. The Kier molecular flexibility index (Phi) is 6.76. The van der Waals surface area contributed by atoms with Gasteiger partial charge in [0.15, 0.2) is 0 Å². The summed E-state index contributed by atoms with van der Waals surface area (Å²) in [6.45, 7) is 7.44. The molecule has 1 saturated heterocycles. The van der Waals surface area contributed by atoms with Crippen LogP contribution in [0.5, 0.6) is 0 Å². The fraction of sp³-hybridized carbons (Fsp3) is 0.417. The van der Waals surface area contributed by atoms with Crippen LogP contribution >= 0.6 is 0 Å². The maximum Gasteiger partial charge on any atom is 0.352 e. The van der Waals surface area contributed by atoms with E-state index in [2.05, 4.69) is 27.1 Å². The Morgan fingerprint density at radius 1 is 1.09 bits per heavy atom. The summed E-state index contributed by atoms with van der Waals surface area (Å²) < 4.78 is 1.77. The van der Waals surface area contributed by atoms with Gasteiger partial charge in [-0.3, -0.25) is 4.79 Å². The molecule has 0 atom stereocenters. The molecule has 2 aromatic heterocycles. The van der Waals surface area contributed by atoms with Crippen LogP contribution in [0, 0.1) is 0 Å². The third-order valence-electron chi connectivity index (χ3n) is 6.05. The van der Waals surface area contributed by atoms with E-state index in [1.54, 1.807) is 23.8 Å². The number of aromatic carboxylic acids is 1. The van der Waals surface area contributed by atoms with Crippen LogP contribution in [0.1, 0.15) is 43.6 Å². The van der Waals surface area contributed by atoms with Crippen LogP contribution in [0.2, 0.25) is 0 Å². The van der Waals surface area contributed by atoms with Gasteiger partial charge in [0.25, 0.3) is 0 Å². The van der Waals surface area contributed by atoms with Crippen LogP contribution in [0.4, 0.5) is 17.3 Å². The molecule has 0 aliphatic carbocycles. The number of carboxylic acid groups (broad SMARTS) is 1. The first-order valence-electron chi connectivity index (χ1n) is 11.4. The van der Waals surface area contributed by atoms with Gasteiger partial charge in [-0.1, -0.05) is 19.8 Å². The zero-order valence-corrected chi connectivity index (χ0v) is 19.1. The van der Waals surface area contributed by atoms with Crippen molar-refractivity contribution < 1.29 is 14.7 Å². The lowest BCUT2D eigenvalue weighted by Crippen LogP contribution is -2.48. The van der Waals surface area contributed by atoms with E-state index >= 15 is 0 Å². The van der Waals surface area contributed by atoms with E-state index in [9.17, 15) is 14.7 Å². The summed E-state index contributed by atoms with van der Waals surface area (Å²) in [4.78, 5) is 36.4. The third-order valence-corrected chi connectivity index (χ3v) is 6.05. The zero-order chi connectivity index (χ0) is 23.4. The lowest BCUT2D eigenvalue weighted by molar-refractivity contribution is -0.129. The molecule has 0 unspecified atom stereocenters. The van der Waals surface area contributed by atoms with Crippen LogP contribution in [0.3, 0.4) is 0 Å². The summed E-state index contributed by atoms with van der Waals surface area (Å²) in [5.41, 5.74) is 2.82. The van der Waals surface area contributed by atoms with Crippen molar-refractivity contribution >= 4 is 40.2 Å². The van der Waals surface area contributed by atoms with Crippen molar-refractivity contribution in [2.75, 3.05) is 36.4 Å². The Labute approximate surface area is 193 Å². The Morgan fingerprint density at radius 2 is 1.82 bits per heavy atom. The van der Waals surface area contributed by atoms with Crippen molar-refractivity contribution in [2.24, 2.45) is 0 Å². The third kappa shape index (κ3) is 5.08. The fourth-order valence-electron chi connectivity index (χ4n) is 4.19. The summed E-state index contributed by atoms with van der Waals surface area (Å²) in [6.07, 6.45) is 4.66. The Balaban J connectivity index is 1.49. The van der Waals surface area contributed by atoms with Gasteiger partial charge in [0.2, 0.25) is 11.9 Å². The number of hydrogen-bond donors (Lipinski definition) is 2. The monoisotopic (exact) mass is 450 g/mol. The molecule has 1 aromatic carbocycles. The highest BCUT2D eigenvalue weighted by Gasteiger charge is 2.19. The van der Waals surface area contributed by atoms with Crippen molar-refractivity contribution in [1.29, 1.82) is 0 Å². The SMILES string of the molecule is CCCCCn1c(C(=O)O)cc2cnc(Nc3ccc(N4CCN(C(C)=O)CC4)cc3)nc21. The maximum atomic E-state index is 11.7. The normalized spacial score (nSPS) is 14.0. The highest BCUT2D eigenvalue weighted by Crippen LogP contribution is 2.24. The van der Waals surface area contributed by atoms with Gasteiger partial charge in [0.05, 0.1) is 0 Å². The number of unbranched alkanes of at least 4 members (excludes halogenated alkanes) is 2. The molecule has 1 amide bonds. The van der Waals surface area contributed by atoms with E-state index in [1.807, 2.05) is 29.2 Å². The smallest absolute Gasteiger partial charge is 0.352 e. The number of carbonyl (C=O) groups is 2. The van der Waals surface area contributed by atoms with E-state index < -0.39 is 5.97 Å². The first-order chi connectivity index (χ1) is 16.0. The van der Waals surface area contributed by atoms with Crippen LogP contribution < -0.4 is 10.2 Å². The summed E-state index contributed by atoms with van der Waals surface area (Å²) in [6, 6.07) is 9.67. The van der Waals surface area contributed by atoms with E-state index in [1.165, 1.54) is 0 Å². The number of aromatic nitrogens is 3. The van der Waals surface area contributed by atoms with Gasteiger partial charge in [0.1, 0.15) is 11.3 Å². The second-order valence-corrected chi connectivity index (χ2v) is 8.33. The number of amides is 1. The van der Waals surface area contributed by atoms with Crippen molar-refractivity contribution in [3.8, 4) is 0 Å². The molecule has 174 valence electrons. The van der Waals surface area contributed by atoms with E-state index in [0.717, 1.165) is 62.2 Å². The summed E-state index contributed by atoms with van der Waals surface area (Å²) in [5, 5.41) is 13.5. The van der Waals surface area contributed by atoms with Crippen molar-refractivity contribution in [1.82, 2.24) is 19.4 Å². The number of fused-ring (bicyclic) bond motifs is 1. The standard InChI is InChI=1S/C24H30N6O3/c1-3-4-5-10-30-21(23(32)33)15-18-16-25-24(27-22(18)30)26-19-6-8-20(9-7-19)29-13-11-28(12-14-29)17(2)31/h6-9,15-16H,3-5,10-14H2,1-2H3,(H,32,33)(H,25,26,27). The molecule has 9 nitrogen and oxygen atoms in total. The number of nitrogens with zero attached hydrogens (tertiary/aromatic N) is 5. The van der Waals surface area contributed by atoms with E-state index in [4.69, 9.17) is 0 Å². The average Bonchev–Trinajstić information content (AvgIpc) is 3.18. The predicted octanol–water partition coefficient (Wildman–Crippen LogP) is 3.73. The van der Waals surface area contributed by atoms with Crippen molar-refractivity contribution in [2.45, 2.75) is 39.7 Å². The lowest BCUT2D eigenvalue weighted by Gasteiger charge is -2.35. The molecule has 3 aromatic rings. The molecule has 9 heteroatoms. The largest absolute Gasteiger partial charge is 0.477 e. The number of piperazine rings is 1. The second-order valence-electron chi connectivity index (χ2n) is 8.33. The zero-order valence-electron chi connectivity index (χ0n) is 19.1. The fourth-order valence-corrected chi connectivity index (χ4v) is 4.19. The molecule has 0 spiro atoms. The van der Waals surface area contributed by atoms with Crippen LogP contribution in [-0.4, -0.2) is 62.6 Å². The number of carboxylic acids is 1. The molecule has 2 N–H and O–H groups in total. The molecule has 1 fully saturated rings. The Bertz CT molecular complexity index is 1130. The van der Waals surface area contributed by atoms with Gasteiger partial charge in [-0.05, 0) is 36.8 Å². The topological polar surface area (TPSA) is 104 Å². The number of carbonyl (C=O) groups excluding carboxylic acids is 1. The Morgan fingerprint density at radius 3 is 2.45 bits per heavy atom. The summed E-state index contributed by atoms with van der Waals surface area (Å²) in [7, 11) is 0. The highest BCUT2D eigenvalue weighted by molar-refractivity contribution is 5.93. The number of benzene rings is 1. The van der Waals surface area contributed by atoms with Crippen molar-refractivity contribution in [3.63, 3.8) is 0 Å². The van der Waals surface area contributed by atoms with Crippen molar-refractivity contribution in [3.05, 3.63) is 42.2 Å². The van der Waals surface area contributed by atoms with Crippen LogP contribution in [0.15, 0.2) is 36.5 Å². The lowest BCUT2D eigenvalue weighted by atomic mass is 10.2. The minimum Gasteiger partial charge on any atom is -0.477 e. The molecule has 33 heavy (non-hydrogen) atoms. The highest BCUT2D eigenvalue weighted by atomic mass is 16.4. The Hall–Kier alpha value is -3.62. The number of nitrogens with one attached hydrogen (secondary N) is 1. The summed E-state index contributed by atoms with van der Waals surface area (Å²) in [5.74, 6) is -0.408. The maximum absolute atomic E-state index is 11.7. The van der Waals surface area contributed by atoms with Gasteiger partial charge in [-0.25, -0.2) is 9.78 Å². The first kappa shape index (κ1) is 22.6. The van der Waals surface area contributed by atoms with Gasteiger partial charge >= 0.3 is 5.97 Å². The van der Waals surface area contributed by atoms with Gasteiger partial charge in [0, 0.05) is 62.6 Å². The molecular formula is C24H30N6O3. The van der Waals surface area contributed by atoms with Gasteiger partial charge in [-0.2, -0.15) is 4.98 Å². The minimum atomic E-state index is -0.960. The molecule has 1 aliphatic rings. The molecule has 3 heterocycles.